The van der Waals surface area contributed by atoms with Crippen molar-refractivity contribution in [3.8, 4) is 0 Å². The van der Waals surface area contributed by atoms with Crippen LogP contribution in [0.1, 0.15) is 60.8 Å². The lowest BCUT2D eigenvalue weighted by molar-refractivity contribution is -0.136. The Morgan fingerprint density at radius 2 is 2.06 bits per heavy atom. The molecule has 3 heterocycles. The normalized spacial score (nSPS) is 23.3. The molecule has 1 aromatic heterocycles. The molecule has 1 amide bonds. The number of hydrogen-bond donors (Lipinski definition) is 1. The first-order valence-corrected chi connectivity index (χ1v) is 11.6. The first-order chi connectivity index (χ1) is 15.6. The third-order valence-corrected chi connectivity index (χ3v) is 6.99. The molecule has 2 atom stereocenters. The number of nitrogens with one attached hydrogen (secondary N) is 1. The summed E-state index contributed by atoms with van der Waals surface area (Å²) in [6.07, 6.45) is 9.29. The Kier molecular flexibility index (Phi) is 5.91. The summed E-state index contributed by atoms with van der Waals surface area (Å²) in [4.78, 5) is 37.9. The van der Waals surface area contributed by atoms with E-state index in [0.717, 1.165) is 50.9 Å². The van der Waals surface area contributed by atoms with Gasteiger partial charge in [-0.2, -0.15) is 0 Å². The first kappa shape index (κ1) is 21.1. The standard InChI is InChI=1S/C25H29FN4O2/c26-20-10-5-4-9-18(20)15-29-14-12-21-19(16-29)24(31)28-23(27-21)22-11-6-13-30(22)25(32)17-7-2-1-3-8-17/h1-2,4-5,9-10,17,22H,3,6-8,11-16H2,(H,27,28,31). The average molecular weight is 437 g/mol. The van der Waals surface area contributed by atoms with Gasteiger partial charge in [0.25, 0.3) is 5.56 Å². The van der Waals surface area contributed by atoms with Gasteiger partial charge in [-0.25, -0.2) is 9.37 Å². The Bertz CT molecular complexity index is 1100. The molecular weight excluding hydrogens is 407 g/mol. The van der Waals surface area contributed by atoms with Crippen LogP contribution in [0.15, 0.2) is 41.2 Å². The van der Waals surface area contributed by atoms with Gasteiger partial charge in [-0.05, 0) is 38.2 Å². The zero-order valence-corrected chi connectivity index (χ0v) is 18.2. The number of allylic oxidation sites excluding steroid dienone is 2. The molecule has 0 saturated carbocycles. The second-order valence-corrected chi connectivity index (χ2v) is 9.10. The van der Waals surface area contributed by atoms with Crippen molar-refractivity contribution in [1.29, 1.82) is 0 Å². The minimum absolute atomic E-state index is 0.0388. The molecule has 1 aliphatic carbocycles. The van der Waals surface area contributed by atoms with Crippen LogP contribution in [0, 0.1) is 11.7 Å². The van der Waals surface area contributed by atoms with E-state index in [1.807, 2.05) is 11.0 Å². The molecule has 1 saturated heterocycles. The maximum Gasteiger partial charge on any atom is 0.255 e. The molecule has 2 aliphatic heterocycles. The van der Waals surface area contributed by atoms with Gasteiger partial charge in [0, 0.05) is 44.1 Å². The highest BCUT2D eigenvalue weighted by molar-refractivity contribution is 5.80. The predicted octanol–water partition coefficient (Wildman–Crippen LogP) is 3.49. The van der Waals surface area contributed by atoms with Crippen molar-refractivity contribution in [2.75, 3.05) is 13.1 Å². The number of nitrogens with zero attached hydrogens (tertiary/aromatic N) is 3. The summed E-state index contributed by atoms with van der Waals surface area (Å²) in [7, 11) is 0. The molecule has 1 fully saturated rings. The fourth-order valence-electron chi connectivity index (χ4n) is 5.23. The Balaban J connectivity index is 1.34. The smallest absolute Gasteiger partial charge is 0.255 e. The lowest BCUT2D eigenvalue weighted by Crippen LogP contribution is -2.39. The van der Waals surface area contributed by atoms with E-state index in [-0.39, 0.29) is 29.2 Å². The van der Waals surface area contributed by atoms with Gasteiger partial charge in [0.2, 0.25) is 5.91 Å². The molecule has 0 radical (unpaired) electrons. The van der Waals surface area contributed by atoms with Crippen molar-refractivity contribution in [3.05, 3.63) is 75.2 Å². The van der Waals surface area contributed by atoms with Crippen LogP contribution in [0.25, 0.3) is 0 Å². The number of amides is 1. The molecule has 5 rings (SSSR count). The fraction of sp³-hybridized carbons (Fsp3) is 0.480. The minimum atomic E-state index is -0.222. The van der Waals surface area contributed by atoms with Crippen LogP contribution in [0.4, 0.5) is 4.39 Å². The number of aromatic amines is 1. The molecule has 32 heavy (non-hydrogen) atoms. The summed E-state index contributed by atoms with van der Waals surface area (Å²) in [6, 6.07) is 6.61. The van der Waals surface area contributed by atoms with E-state index in [4.69, 9.17) is 4.98 Å². The van der Waals surface area contributed by atoms with Crippen LogP contribution in [-0.4, -0.2) is 38.8 Å². The van der Waals surface area contributed by atoms with Gasteiger partial charge in [-0.15, -0.1) is 0 Å². The maximum absolute atomic E-state index is 14.0. The highest BCUT2D eigenvalue weighted by atomic mass is 19.1. The molecule has 0 bridgehead atoms. The van der Waals surface area contributed by atoms with Crippen molar-refractivity contribution < 1.29 is 9.18 Å². The molecule has 3 aliphatic rings. The van der Waals surface area contributed by atoms with Gasteiger partial charge in [0.05, 0.1) is 17.3 Å². The number of hydrogen-bond acceptors (Lipinski definition) is 4. The Morgan fingerprint density at radius 1 is 1.19 bits per heavy atom. The number of carbonyl (C=O) groups is 1. The van der Waals surface area contributed by atoms with E-state index in [0.29, 0.717) is 36.5 Å². The number of halogens is 1. The van der Waals surface area contributed by atoms with Gasteiger partial charge in [-0.3, -0.25) is 14.5 Å². The van der Waals surface area contributed by atoms with Gasteiger partial charge in [0.15, 0.2) is 0 Å². The second kappa shape index (κ2) is 8.98. The molecule has 0 spiro atoms. The maximum atomic E-state index is 14.0. The number of rotatable bonds is 4. The topological polar surface area (TPSA) is 69.3 Å². The van der Waals surface area contributed by atoms with Crippen LogP contribution >= 0.6 is 0 Å². The number of likely N-dealkylation sites (tertiary alicyclic amines) is 1. The van der Waals surface area contributed by atoms with Crippen molar-refractivity contribution in [3.63, 3.8) is 0 Å². The summed E-state index contributed by atoms with van der Waals surface area (Å²) in [6.45, 7) is 2.36. The summed E-state index contributed by atoms with van der Waals surface area (Å²) in [5, 5.41) is 0. The van der Waals surface area contributed by atoms with E-state index < -0.39 is 0 Å². The molecule has 168 valence electrons. The first-order valence-electron chi connectivity index (χ1n) is 11.6. The lowest BCUT2D eigenvalue weighted by Gasteiger charge is -2.31. The van der Waals surface area contributed by atoms with Crippen LogP contribution in [0.2, 0.25) is 0 Å². The van der Waals surface area contributed by atoms with Gasteiger partial charge < -0.3 is 9.88 Å². The number of H-pyrrole nitrogens is 1. The van der Waals surface area contributed by atoms with E-state index in [2.05, 4.69) is 22.0 Å². The Labute approximate surface area is 187 Å². The predicted molar refractivity (Wildman–Crippen MR) is 119 cm³/mol. The molecule has 1 N–H and O–H groups in total. The van der Waals surface area contributed by atoms with Gasteiger partial charge in [0.1, 0.15) is 11.6 Å². The minimum Gasteiger partial charge on any atom is -0.332 e. The third-order valence-electron chi connectivity index (χ3n) is 6.99. The largest absolute Gasteiger partial charge is 0.332 e. The molecule has 7 heteroatoms. The van der Waals surface area contributed by atoms with Crippen LogP contribution in [-0.2, 0) is 24.3 Å². The van der Waals surface area contributed by atoms with E-state index in [9.17, 15) is 14.0 Å². The lowest BCUT2D eigenvalue weighted by atomic mass is 9.93. The molecular formula is C25H29FN4O2. The number of carbonyl (C=O) groups excluding carboxylic acids is 1. The van der Waals surface area contributed by atoms with Gasteiger partial charge in [-0.1, -0.05) is 30.4 Å². The molecule has 6 nitrogen and oxygen atoms in total. The Morgan fingerprint density at radius 3 is 2.88 bits per heavy atom. The van der Waals surface area contributed by atoms with Crippen molar-refractivity contribution in [2.24, 2.45) is 5.92 Å². The fourth-order valence-corrected chi connectivity index (χ4v) is 5.23. The number of fused-ring (bicyclic) bond motifs is 1. The zero-order chi connectivity index (χ0) is 22.1. The summed E-state index contributed by atoms with van der Waals surface area (Å²) >= 11 is 0. The number of aromatic nitrogens is 2. The van der Waals surface area contributed by atoms with Crippen molar-refractivity contribution in [1.82, 2.24) is 19.8 Å². The summed E-state index contributed by atoms with van der Waals surface area (Å²) in [5.74, 6) is 0.624. The summed E-state index contributed by atoms with van der Waals surface area (Å²) in [5.41, 5.74) is 1.97. The number of benzene rings is 1. The van der Waals surface area contributed by atoms with Crippen molar-refractivity contribution >= 4 is 5.91 Å². The second-order valence-electron chi connectivity index (χ2n) is 9.10. The van der Waals surface area contributed by atoms with Crippen molar-refractivity contribution in [2.45, 2.75) is 57.7 Å². The van der Waals surface area contributed by atoms with Crippen LogP contribution in [0.5, 0.6) is 0 Å². The SMILES string of the molecule is O=C(C1CC=CCC1)N1CCCC1c1nc2c(c(=O)[nH]1)CN(Cc1ccccc1F)CC2. The molecule has 2 aromatic rings. The van der Waals surface area contributed by atoms with Crippen LogP contribution < -0.4 is 5.56 Å². The van der Waals surface area contributed by atoms with Gasteiger partial charge >= 0.3 is 0 Å². The third kappa shape index (κ3) is 4.13. The highest BCUT2D eigenvalue weighted by Crippen LogP contribution is 2.33. The van der Waals surface area contributed by atoms with E-state index in [1.165, 1.54) is 6.07 Å². The Hall–Kier alpha value is -2.80. The molecule has 1 aromatic carbocycles. The van der Waals surface area contributed by atoms with E-state index in [1.54, 1.807) is 12.1 Å². The van der Waals surface area contributed by atoms with Crippen LogP contribution in [0.3, 0.4) is 0 Å². The highest BCUT2D eigenvalue weighted by Gasteiger charge is 2.36. The van der Waals surface area contributed by atoms with E-state index >= 15 is 0 Å². The average Bonchev–Trinajstić information content (AvgIpc) is 3.31. The monoisotopic (exact) mass is 436 g/mol. The quantitative estimate of drug-likeness (QED) is 0.745. The molecule has 2 unspecified atom stereocenters. The zero-order valence-electron chi connectivity index (χ0n) is 18.2. The summed E-state index contributed by atoms with van der Waals surface area (Å²) < 4.78 is 14.0.